The smallest absolute Gasteiger partial charge is 0.130 e. The zero-order valence-corrected chi connectivity index (χ0v) is 19.3. The average Bonchev–Trinajstić information content (AvgIpc) is 3.25. The highest BCUT2D eigenvalue weighted by Gasteiger charge is 2.36. The number of aromatic nitrogens is 1. The molecule has 1 aromatic heterocycles. The van der Waals surface area contributed by atoms with Gasteiger partial charge in [-0.3, -0.25) is 0 Å². The van der Waals surface area contributed by atoms with Gasteiger partial charge in [-0.1, -0.05) is 13.0 Å². The Labute approximate surface area is 191 Å². The summed E-state index contributed by atoms with van der Waals surface area (Å²) in [6.07, 6.45) is 9.48. The Hall–Kier alpha value is -2.34. The molecule has 2 fully saturated rings. The molecule has 0 spiro atoms. The molecule has 1 aromatic carbocycles. The molecule has 2 aliphatic rings. The van der Waals surface area contributed by atoms with Gasteiger partial charge in [-0.15, -0.1) is 0 Å². The van der Waals surface area contributed by atoms with Crippen LogP contribution in [-0.4, -0.2) is 55.0 Å². The molecule has 2 aliphatic heterocycles. The van der Waals surface area contributed by atoms with Gasteiger partial charge in [-0.25, -0.2) is 9.37 Å². The van der Waals surface area contributed by atoms with Crippen molar-refractivity contribution in [1.29, 1.82) is 0 Å². The van der Waals surface area contributed by atoms with Crippen molar-refractivity contribution in [2.24, 2.45) is 0 Å². The number of aliphatic hydroxyl groups is 1. The first-order valence-electron chi connectivity index (χ1n) is 12.3. The van der Waals surface area contributed by atoms with Crippen LogP contribution in [0, 0.1) is 5.82 Å². The third kappa shape index (κ3) is 5.34. The first kappa shape index (κ1) is 22.8. The summed E-state index contributed by atoms with van der Waals surface area (Å²) >= 11 is 0. The van der Waals surface area contributed by atoms with Crippen LogP contribution in [0.4, 0.5) is 21.6 Å². The van der Waals surface area contributed by atoms with E-state index >= 15 is 0 Å². The van der Waals surface area contributed by atoms with Crippen molar-refractivity contribution in [2.75, 3.05) is 47.5 Å². The number of rotatable bonds is 9. The molecule has 6 heteroatoms. The van der Waals surface area contributed by atoms with Crippen molar-refractivity contribution in [3.8, 4) is 0 Å². The lowest BCUT2D eigenvalue weighted by Gasteiger charge is -2.32. The topological polar surface area (TPSA) is 42.8 Å². The molecular weight excluding hydrogens is 403 g/mol. The second-order valence-corrected chi connectivity index (χ2v) is 9.15. The lowest BCUT2D eigenvalue weighted by molar-refractivity contribution is 0.279. The quantitative estimate of drug-likeness (QED) is 0.604. The Morgan fingerprint density at radius 1 is 1.16 bits per heavy atom. The number of aliphatic hydroxyl groups excluding tert-OH is 1. The Morgan fingerprint density at radius 2 is 2.00 bits per heavy atom. The number of benzene rings is 1. The van der Waals surface area contributed by atoms with Crippen LogP contribution >= 0.6 is 0 Å². The van der Waals surface area contributed by atoms with Crippen molar-refractivity contribution in [1.82, 2.24) is 4.98 Å². The van der Waals surface area contributed by atoms with Crippen LogP contribution in [0.3, 0.4) is 0 Å². The molecule has 0 bridgehead atoms. The van der Waals surface area contributed by atoms with Crippen LogP contribution < -0.4 is 14.7 Å². The number of hydrogen-bond donors (Lipinski definition) is 1. The average molecular weight is 441 g/mol. The molecule has 0 aliphatic carbocycles. The minimum atomic E-state index is -0.189. The van der Waals surface area contributed by atoms with Gasteiger partial charge in [0.2, 0.25) is 0 Å². The zero-order valence-electron chi connectivity index (χ0n) is 19.3. The normalized spacial score (nSPS) is 21.2. The van der Waals surface area contributed by atoms with Crippen molar-refractivity contribution < 1.29 is 9.50 Å². The summed E-state index contributed by atoms with van der Waals surface area (Å²) in [7, 11) is 0. The Balaban J connectivity index is 1.58. The van der Waals surface area contributed by atoms with E-state index < -0.39 is 0 Å². The Bertz CT molecular complexity index is 857. The maximum Gasteiger partial charge on any atom is 0.130 e. The predicted molar refractivity (Wildman–Crippen MR) is 130 cm³/mol. The first-order chi connectivity index (χ1) is 15.7. The van der Waals surface area contributed by atoms with Crippen LogP contribution in [0.2, 0.25) is 0 Å². The lowest BCUT2D eigenvalue weighted by atomic mass is 10.1. The standard InChI is InChI=1S/C26H37FN4O/c1-2-13-30(23-9-6-8-21(27)17-23)25-18-24(10-7-16-32)31(20-25)26-19-22(11-12-28-26)29-14-4-3-5-15-29/h6,8-9,11-12,17,19,24-25,32H,2-5,7,10,13-16,18,20H2,1H3. The number of anilines is 3. The SMILES string of the molecule is CCCN(c1cccc(F)c1)C1CC(CCCO)N(c2cc(N3CCCCC3)ccn2)C1. The molecule has 32 heavy (non-hydrogen) atoms. The summed E-state index contributed by atoms with van der Waals surface area (Å²) < 4.78 is 14.0. The van der Waals surface area contributed by atoms with Crippen LogP contribution in [-0.2, 0) is 0 Å². The summed E-state index contributed by atoms with van der Waals surface area (Å²) in [5.74, 6) is 0.834. The molecule has 1 N–H and O–H groups in total. The van der Waals surface area contributed by atoms with Gasteiger partial charge >= 0.3 is 0 Å². The third-order valence-electron chi connectivity index (χ3n) is 6.88. The maximum absolute atomic E-state index is 14.0. The number of nitrogens with zero attached hydrogens (tertiary/aromatic N) is 4. The zero-order chi connectivity index (χ0) is 22.3. The molecule has 4 rings (SSSR count). The van der Waals surface area contributed by atoms with Gasteiger partial charge in [0.05, 0.1) is 0 Å². The summed E-state index contributed by atoms with van der Waals surface area (Å²) in [5.41, 5.74) is 2.21. The van der Waals surface area contributed by atoms with Gasteiger partial charge in [-0.05, 0) is 69.2 Å². The molecule has 3 heterocycles. The van der Waals surface area contributed by atoms with Crippen LogP contribution in [0.1, 0.15) is 51.9 Å². The molecule has 0 amide bonds. The fourth-order valence-electron chi connectivity index (χ4n) is 5.33. The second kappa shape index (κ2) is 11.0. The highest BCUT2D eigenvalue weighted by Crippen LogP contribution is 2.34. The minimum absolute atomic E-state index is 0.189. The third-order valence-corrected chi connectivity index (χ3v) is 6.88. The van der Waals surface area contributed by atoms with Gasteiger partial charge in [0.25, 0.3) is 0 Å². The highest BCUT2D eigenvalue weighted by molar-refractivity contribution is 5.57. The van der Waals surface area contributed by atoms with Crippen molar-refractivity contribution >= 4 is 17.2 Å². The minimum Gasteiger partial charge on any atom is -0.396 e. The fourth-order valence-corrected chi connectivity index (χ4v) is 5.33. The molecule has 2 saturated heterocycles. The van der Waals surface area contributed by atoms with Crippen LogP contribution in [0.15, 0.2) is 42.6 Å². The number of pyridine rings is 1. The van der Waals surface area contributed by atoms with Gasteiger partial charge in [0.1, 0.15) is 11.6 Å². The van der Waals surface area contributed by atoms with E-state index in [0.717, 1.165) is 63.4 Å². The summed E-state index contributed by atoms with van der Waals surface area (Å²) in [6, 6.07) is 12.0. The summed E-state index contributed by atoms with van der Waals surface area (Å²) in [6.45, 7) is 6.37. The van der Waals surface area contributed by atoms with E-state index in [0.29, 0.717) is 12.1 Å². The molecule has 2 unspecified atom stereocenters. The lowest BCUT2D eigenvalue weighted by Crippen LogP contribution is -2.38. The predicted octanol–water partition coefficient (Wildman–Crippen LogP) is 4.85. The molecule has 0 radical (unpaired) electrons. The molecule has 0 saturated carbocycles. The van der Waals surface area contributed by atoms with Crippen molar-refractivity contribution in [3.63, 3.8) is 0 Å². The molecule has 2 atom stereocenters. The van der Waals surface area contributed by atoms with Crippen LogP contribution in [0.25, 0.3) is 0 Å². The van der Waals surface area contributed by atoms with E-state index in [1.807, 2.05) is 12.3 Å². The van der Waals surface area contributed by atoms with E-state index in [4.69, 9.17) is 4.98 Å². The molecule has 174 valence electrons. The number of hydrogen-bond acceptors (Lipinski definition) is 5. The van der Waals surface area contributed by atoms with E-state index in [2.05, 4.69) is 33.8 Å². The Kier molecular flexibility index (Phi) is 7.85. The fraction of sp³-hybridized carbons (Fsp3) is 0.577. The molecule has 2 aromatic rings. The monoisotopic (exact) mass is 440 g/mol. The van der Waals surface area contributed by atoms with E-state index in [1.54, 1.807) is 12.1 Å². The second-order valence-electron chi connectivity index (χ2n) is 9.15. The number of piperidine rings is 1. The van der Waals surface area contributed by atoms with E-state index in [1.165, 1.54) is 31.0 Å². The van der Waals surface area contributed by atoms with Gasteiger partial charge < -0.3 is 19.8 Å². The first-order valence-corrected chi connectivity index (χ1v) is 12.3. The van der Waals surface area contributed by atoms with Crippen molar-refractivity contribution in [3.05, 3.63) is 48.4 Å². The van der Waals surface area contributed by atoms with E-state index in [-0.39, 0.29) is 12.4 Å². The Morgan fingerprint density at radius 3 is 2.75 bits per heavy atom. The molecular formula is C26H37FN4O. The van der Waals surface area contributed by atoms with Gasteiger partial charge in [-0.2, -0.15) is 0 Å². The largest absolute Gasteiger partial charge is 0.396 e. The summed E-state index contributed by atoms with van der Waals surface area (Å²) in [5, 5.41) is 9.47. The van der Waals surface area contributed by atoms with Crippen molar-refractivity contribution in [2.45, 2.75) is 64.0 Å². The van der Waals surface area contributed by atoms with Gasteiger partial charge in [0.15, 0.2) is 0 Å². The highest BCUT2D eigenvalue weighted by atomic mass is 19.1. The maximum atomic E-state index is 14.0. The molecule has 5 nitrogen and oxygen atoms in total. The van der Waals surface area contributed by atoms with Gasteiger partial charge in [0, 0.05) is 68.5 Å². The van der Waals surface area contributed by atoms with E-state index in [9.17, 15) is 9.50 Å². The number of halogens is 1. The van der Waals surface area contributed by atoms with Crippen LogP contribution in [0.5, 0.6) is 0 Å². The summed E-state index contributed by atoms with van der Waals surface area (Å²) in [4.78, 5) is 12.0.